The maximum atomic E-state index is 12.4. The van der Waals surface area contributed by atoms with E-state index < -0.39 is 0 Å². The molecule has 4 rings (SSSR count). The van der Waals surface area contributed by atoms with E-state index in [4.69, 9.17) is 5.73 Å². The zero-order valence-corrected chi connectivity index (χ0v) is 15.6. The number of hydrogen-bond acceptors (Lipinski definition) is 5. The second-order valence-corrected chi connectivity index (χ2v) is 6.50. The Morgan fingerprint density at radius 2 is 1.86 bits per heavy atom. The molecule has 7 nitrogen and oxygen atoms in total. The lowest BCUT2D eigenvalue weighted by atomic mass is 10.1. The minimum Gasteiger partial charge on any atom is -0.397 e. The van der Waals surface area contributed by atoms with Crippen LogP contribution >= 0.6 is 0 Å². The van der Waals surface area contributed by atoms with Crippen LogP contribution in [0.25, 0.3) is 11.3 Å². The number of pyridine rings is 1. The van der Waals surface area contributed by atoms with E-state index in [1.54, 1.807) is 36.7 Å². The smallest absolute Gasteiger partial charge is 0.255 e. The van der Waals surface area contributed by atoms with E-state index in [1.807, 2.05) is 42.5 Å². The average molecular weight is 384 g/mol. The third-order valence-electron chi connectivity index (χ3n) is 4.45. The summed E-state index contributed by atoms with van der Waals surface area (Å²) >= 11 is 0. The lowest BCUT2D eigenvalue weighted by molar-refractivity contribution is 0.102. The molecule has 1 amide bonds. The van der Waals surface area contributed by atoms with Gasteiger partial charge in [0.1, 0.15) is 5.82 Å². The van der Waals surface area contributed by atoms with Gasteiger partial charge in [0.25, 0.3) is 5.91 Å². The van der Waals surface area contributed by atoms with Crippen LogP contribution in [0.3, 0.4) is 0 Å². The molecule has 0 fully saturated rings. The number of nitrogens with zero attached hydrogens (tertiary/aromatic N) is 2. The van der Waals surface area contributed by atoms with Crippen molar-refractivity contribution in [2.24, 2.45) is 0 Å². The van der Waals surface area contributed by atoms with Crippen LogP contribution in [0.1, 0.15) is 15.9 Å². The molecule has 2 heterocycles. The summed E-state index contributed by atoms with van der Waals surface area (Å²) < 4.78 is 0. The fraction of sp³-hybridized carbons (Fsp3) is 0.0455. The van der Waals surface area contributed by atoms with Crippen LogP contribution in [0.2, 0.25) is 0 Å². The van der Waals surface area contributed by atoms with Crippen LogP contribution in [0.5, 0.6) is 0 Å². The summed E-state index contributed by atoms with van der Waals surface area (Å²) in [5, 5.41) is 13.4. The van der Waals surface area contributed by atoms with Gasteiger partial charge in [-0.2, -0.15) is 5.10 Å². The predicted molar refractivity (Wildman–Crippen MR) is 114 cm³/mol. The van der Waals surface area contributed by atoms with E-state index in [1.165, 1.54) is 0 Å². The van der Waals surface area contributed by atoms with Gasteiger partial charge in [0.05, 0.1) is 17.1 Å². The Morgan fingerprint density at radius 1 is 1.03 bits per heavy atom. The van der Waals surface area contributed by atoms with Crippen molar-refractivity contribution in [2.45, 2.75) is 6.54 Å². The predicted octanol–water partition coefficient (Wildman–Crippen LogP) is 3.92. The van der Waals surface area contributed by atoms with Crippen molar-refractivity contribution in [1.29, 1.82) is 0 Å². The van der Waals surface area contributed by atoms with Crippen LogP contribution in [-0.4, -0.2) is 21.1 Å². The first-order chi connectivity index (χ1) is 14.2. The first-order valence-corrected chi connectivity index (χ1v) is 9.13. The number of hydrogen-bond donors (Lipinski definition) is 4. The lowest BCUT2D eigenvalue weighted by Gasteiger charge is -2.08. The molecule has 0 unspecified atom stereocenters. The van der Waals surface area contributed by atoms with Crippen molar-refractivity contribution >= 4 is 23.1 Å². The number of aromatic amines is 1. The normalized spacial score (nSPS) is 10.5. The van der Waals surface area contributed by atoms with Gasteiger partial charge in [0.2, 0.25) is 0 Å². The number of amides is 1. The highest BCUT2D eigenvalue weighted by Gasteiger charge is 2.08. The van der Waals surface area contributed by atoms with Crippen molar-refractivity contribution in [3.05, 3.63) is 90.3 Å². The Hall–Kier alpha value is -4.13. The van der Waals surface area contributed by atoms with E-state index in [0.717, 1.165) is 22.6 Å². The van der Waals surface area contributed by atoms with Gasteiger partial charge in [-0.3, -0.25) is 14.9 Å². The number of carbonyl (C=O) groups is 1. The summed E-state index contributed by atoms with van der Waals surface area (Å²) in [4.78, 5) is 16.5. The number of anilines is 3. The molecular weight excluding hydrogens is 364 g/mol. The third kappa shape index (κ3) is 4.41. The summed E-state index contributed by atoms with van der Waals surface area (Å²) in [5.41, 5.74) is 10.5. The number of H-pyrrole nitrogens is 1. The van der Waals surface area contributed by atoms with Gasteiger partial charge in [-0.05, 0) is 42.0 Å². The highest BCUT2D eigenvalue weighted by molar-refractivity contribution is 6.05. The minimum absolute atomic E-state index is 0.198. The largest absolute Gasteiger partial charge is 0.397 e. The van der Waals surface area contributed by atoms with Crippen molar-refractivity contribution in [3.63, 3.8) is 0 Å². The molecule has 0 radical (unpaired) electrons. The summed E-state index contributed by atoms with van der Waals surface area (Å²) in [6.07, 6.45) is 3.52. The molecule has 29 heavy (non-hydrogen) atoms. The number of carbonyl (C=O) groups excluding carboxylic acids is 1. The number of rotatable bonds is 6. The van der Waals surface area contributed by atoms with Crippen molar-refractivity contribution in [3.8, 4) is 11.3 Å². The van der Waals surface area contributed by atoms with Gasteiger partial charge in [-0.15, -0.1) is 0 Å². The Labute approximate surface area is 168 Å². The average Bonchev–Trinajstić information content (AvgIpc) is 3.24. The van der Waals surface area contributed by atoms with E-state index in [0.29, 0.717) is 23.5 Å². The number of benzene rings is 2. The van der Waals surface area contributed by atoms with Gasteiger partial charge in [0, 0.05) is 36.1 Å². The number of nitrogens with one attached hydrogen (secondary N) is 3. The van der Waals surface area contributed by atoms with Crippen molar-refractivity contribution < 1.29 is 4.79 Å². The Balaban J connectivity index is 1.36. The second-order valence-electron chi connectivity index (χ2n) is 6.50. The highest BCUT2D eigenvalue weighted by atomic mass is 16.1. The summed E-state index contributed by atoms with van der Waals surface area (Å²) in [5.74, 6) is 0.543. The van der Waals surface area contributed by atoms with Crippen LogP contribution in [0, 0.1) is 0 Å². The molecule has 0 spiro atoms. The van der Waals surface area contributed by atoms with E-state index in [2.05, 4.69) is 25.8 Å². The first-order valence-electron chi connectivity index (χ1n) is 9.13. The standard InChI is InChI=1S/C22H20N6O/c23-18-5-1-2-6-19(18)26-22(29)16-9-7-15(8-10-16)13-25-21-12-20(27-28-21)17-4-3-11-24-14-17/h1-12,14H,13,23H2,(H,26,29)(H2,25,27,28). The zero-order valence-electron chi connectivity index (χ0n) is 15.6. The fourth-order valence-electron chi connectivity index (χ4n) is 2.85. The first kappa shape index (κ1) is 18.2. The fourth-order valence-corrected chi connectivity index (χ4v) is 2.85. The molecule has 0 bridgehead atoms. The highest BCUT2D eigenvalue weighted by Crippen LogP contribution is 2.20. The molecule has 4 aromatic rings. The molecule has 0 aliphatic rings. The molecule has 0 saturated carbocycles. The Morgan fingerprint density at radius 3 is 2.62 bits per heavy atom. The van der Waals surface area contributed by atoms with E-state index in [9.17, 15) is 4.79 Å². The van der Waals surface area contributed by atoms with Gasteiger partial charge in [-0.1, -0.05) is 24.3 Å². The summed E-state index contributed by atoms with van der Waals surface area (Å²) in [7, 11) is 0. The number of nitrogen functional groups attached to an aromatic ring is 1. The quantitative estimate of drug-likeness (QED) is 0.377. The SMILES string of the molecule is Nc1ccccc1NC(=O)c1ccc(CNc2cc(-c3cccnc3)[nH]n2)cc1. The minimum atomic E-state index is -0.198. The molecule has 7 heteroatoms. The van der Waals surface area contributed by atoms with E-state index >= 15 is 0 Å². The molecule has 2 aromatic carbocycles. The molecule has 0 aliphatic heterocycles. The molecule has 0 aliphatic carbocycles. The number of nitrogens with two attached hydrogens (primary N) is 1. The molecule has 0 saturated heterocycles. The third-order valence-corrected chi connectivity index (χ3v) is 4.45. The molecule has 2 aromatic heterocycles. The summed E-state index contributed by atoms with van der Waals surface area (Å²) in [6.45, 7) is 0.588. The Bertz CT molecular complexity index is 1110. The number of para-hydroxylation sites is 2. The van der Waals surface area contributed by atoms with E-state index in [-0.39, 0.29) is 5.91 Å². The van der Waals surface area contributed by atoms with Gasteiger partial charge in [-0.25, -0.2) is 0 Å². The molecular formula is C22H20N6O. The van der Waals surface area contributed by atoms with Crippen molar-refractivity contribution in [1.82, 2.24) is 15.2 Å². The Kier molecular flexibility index (Phi) is 5.20. The van der Waals surface area contributed by atoms with Crippen LogP contribution < -0.4 is 16.4 Å². The van der Waals surface area contributed by atoms with Gasteiger partial charge in [0.15, 0.2) is 0 Å². The maximum absolute atomic E-state index is 12.4. The lowest BCUT2D eigenvalue weighted by Crippen LogP contribution is -2.13. The van der Waals surface area contributed by atoms with Gasteiger partial charge >= 0.3 is 0 Å². The number of aromatic nitrogens is 3. The monoisotopic (exact) mass is 384 g/mol. The maximum Gasteiger partial charge on any atom is 0.255 e. The second kappa shape index (κ2) is 8.26. The van der Waals surface area contributed by atoms with Gasteiger partial charge < -0.3 is 16.4 Å². The summed E-state index contributed by atoms with van der Waals surface area (Å²) in [6, 6.07) is 20.4. The molecule has 5 N–H and O–H groups in total. The van der Waals surface area contributed by atoms with Crippen LogP contribution in [-0.2, 0) is 6.54 Å². The van der Waals surface area contributed by atoms with Crippen LogP contribution in [0.15, 0.2) is 79.1 Å². The topological polar surface area (TPSA) is 109 Å². The molecule has 144 valence electrons. The zero-order chi connectivity index (χ0) is 20.1. The molecule has 0 atom stereocenters. The van der Waals surface area contributed by atoms with Crippen molar-refractivity contribution in [2.75, 3.05) is 16.4 Å². The van der Waals surface area contributed by atoms with Crippen LogP contribution in [0.4, 0.5) is 17.2 Å².